The molecule has 20 nitrogen and oxygen atoms in total. The summed E-state index contributed by atoms with van der Waals surface area (Å²) >= 11 is -2.47. The van der Waals surface area contributed by atoms with Crippen LogP contribution < -0.4 is 0 Å². The Morgan fingerprint density at radius 2 is 1.45 bits per heavy atom. The number of fused-ring (bicyclic) bond motifs is 1. The van der Waals surface area contributed by atoms with E-state index in [0.29, 0.717) is 16.7 Å². The maximum Gasteiger partial charge on any atom is 0.529 e. The van der Waals surface area contributed by atoms with Gasteiger partial charge in [0.15, 0.2) is 10.7 Å². The van der Waals surface area contributed by atoms with E-state index in [2.05, 4.69) is 4.79 Å². The second-order valence-electron chi connectivity index (χ2n) is 11.6. The van der Waals surface area contributed by atoms with E-state index in [-0.39, 0.29) is 30.5 Å². The van der Waals surface area contributed by atoms with Crippen molar-refractivity contribution in [1.29, 1.82) is 0 Å². The molecule has 0 saturated carbocycles. The third-order valence-electron chi connectivity index (χ3n) is 8.10. The van der Waals surface area contributed by atoms with E-state index in [0.717, 1.165) is 4.90 Å². The fourth-order valence-corrected chi connectivity index (χ4v) is 7.04. The molecule has 4 atom stereocenters. The van der Waals surface area contributed by atoms with Gasteiger partial charge in [-0.3, -0.25) is 19.8 Å². The Hall–Kier alpha value is -6.83. The summed E-state index contributed by atoms with van der Waals surface area (Å²) in [7, 11) is 0. The van der Waals surface area contributed by atoms with Crippen molar-refractivity contribution in [2.75, 3.05) is 13.2 Å². The largest absolute Gasteiger partial charge is 0.604 e. The van der Waals surface area contributed by atoms with Crippen LogP contribution in [0.15, 0.2) is 96.4 Å². The lowest BCUT2D eigenvalue weighted by Gasteiger charge is -2.47. The average Bonchev–Trinajstić information content (AvgIpc) is 3.17. The van der Waals surface area contributed by atoms with E-state index in [1.165, 1.54) is 31.2 Å². The highest BCUT2D eigenvalue weighted by atomic mass is 32.2. The highest BCUT2D eigenvalue weighted by Gasteiger charge is 2.68. The van der Waals surface area contributed by atoms with E-state index in [4.69, 9.17) is 23.7 Å². The maximum atomic E-state index is 13.8. The molecule has 1 saturated heterocycles. The van der Waals surface area contributed by atoms with Crippen LogP contribution in [-0.4, -0.2) is 83.0 Å². The summed E-state index contributed by atoms with van der Waals surface area (Å²) < 4.78 is 40.1. The van der Waals surface area contributed by atoms with Crippen molar-refractivity contribution in [3.05, 3.63) is 139 Å². The molecule has 2 aliphatic heterocycles. The van der Waals surface area contributed by atoms with Crippen molar-refractivity contribution in [2.24, 2.45) is 5.92 Å². The van der Waals surface area contributed by atoms with E-state index in [1.54, 1.807) is 60.7 Å². The lowest BCUT2D eigenvalue weighted by Crippen LogP contribution is -2.70. The molecule has 2 aliphatic rings. The van der Waals surface area contributed by atoms with Crippen LogP contribution in [0.25, 0.3) is 5.53 Å². The Morgan fingerprint density at radius 1 is 0.891 bits per heavy atom. The van der Waals surface area contributed by atoms with Crippen LogP contribution in [0.2, 0.25) is 0 Å². The van der Waals surface area contributed by atoms with Crippen molar-refractivity contribution in [3.63, 3.8) is 0 Å². The minimum Gasteiger partial charge on any atom is -0.604 e. The van der Waals surface area contributed by atoms with Gasteiger partial charge in [-0.15, -0.1) is 4.79 Å². The van der Waals surface area contributed by atoms with Crippen LogP contribution in [0, 0.1) is 26.1 Å². The molecular weight excluding hydrogens is 748 g/mol. The molecule has 3 aromatic rings. The van der Waals surface area contributed by atoms with Crippen LogP contribution in [0.4, 0.5) is 15.3 Å². The number of benzene rings is 3. The van der Waals surface area contributed by atoms with Gasteiger partial charge in [-0.05, 0) is 40.8 Å². The molecule has 0 radical (unpaired) electrons. The molecular formula is C34H30N6O14S. The fourth-order valence-electron chi connectivity index (χ4n) is 5.38. The molecule has 0 spiro atoms. The second kappa shape index (κ2) is 17.8. The number of hydrogen-bond acceptors (Lipinski definition) is 14. The van der Waals surface area contributed by atoms with Crippen molar-refractivity contribution in [3.8, 4) is 0 Å². The number of carbonyl (C=O) groups is 4. The molecule has 3 aromatic carbocycles. The zero-order valence-corrected chi connectivity index (χ0v) is 29.5. The molecule has 21 heteroatoms. The third kappa shape index (κ3) is 9.22. The minimum atomic E-state index is -2.47. The quantitative estimate of drug-likeness (QED) is 0.0312. The summed E-state index contributed by atoms with van der Waals surface area (Å²) in [5.74, 6) is -4.17. The first kappa shape index (κ1) is 39.4. The SMILES string of the molecule is CC(OC(=O)OCc1ccc([N+](=O)[O-])cc1)[C@H]1C(=O)N2C(C(=O)OCc3ccccc3)=C(OCCN(C(=O)OCc3ccccc3)[N+](=O)[O-])C(=[N+]=[N-])[S@+]([O-])[C@@H]12. The number of hydrazine groups is 1. The zero-order chi connectivity index (χ0) is 39.6. The van der Waals surface area contributed by atoms with E-state index < -0.39 is 92.3 Å². The Bertz CT molecular complexity index is 2030. The van der Waals surface area contributed by atoms with Gasteiger partial charge in [0, 0.05) is 12.1 Å². The highest BCUT2D eigenvalue weighted by Crippen LogP contribution is 2.44. The summed E-state index contributed by atoms with van der Waals surface area (Å²) in [5.41, 5.74) is 10.6. The van der Waals surface area contributed by atoms with E-state index in [1.807, 2.05) is 0 Å². The monoisotopic (exact) mass is 778 g/mol. The molecule has 286 valence electrons. The van der Waals surface area contributed by atoms with Gasteiger partial charge in [0.2, 0.25) is 11.3 Å². The van der Waals surface area contributed by atoms with Crippen molar-refractivity contribution >= 4 is 46.0 Å². The first-order valence-corrected chi connectivity index (χ1v) is 17.4. The van der Waals surface area contributed by atoms with Crippen molar-refractivity contribution < 1.29 is 62.2 Å². The van der Waals surface area contributed by atoms with Crippen LogP contribution in [0.5, 0.6) is 0 Å². The lowest BCUT2D eigenvalue weighted by molar-refractivity contribution is -0.635. The predicted octanol–water partition coefficient (Wildman–Crippen LogP) is 3.61. The van der Waals surface area contributed by atoms with Gasteiger partial charge in [-0.1, -0.05) is 60.7 Å². The van der Waals surface area contributed by atoms with Crippen LogP contribution >= 0.6 is 0 Å². The normalized spacial score (nSPS) is 17.8. The Balaban J connectivity index is 1.32. The number of esters is 1. The first-order valence-electron chi connectivity index (χ1n) is 16.1. The fraction of sp³-hybridized carbons (Fsp3) is 0.265. The van der Waals surface area contributed by atoms with Gasteiger partial charge in [-0.2, -0.15) is 0 Å². The van der Waals surface area contributed by atoms with Gasteiger partial charge in [0.25, 0.3) is 11.4 Å². The summed E-state index contributed by atoms with van der Waals surface area (Å²) in [6.07, 6.45) is -3.91. The van der Waals surface area contributed by atoms with Crippen LogP contribution in [0.3, 0.4) is 0 Å². The molecule has 0 N–H and O–H groups in total. The number of amides is 2. The zero-order valence-electron chi connectivity index (χ0n) is 28.7. The minimum absolute atomic E-state index is 0.0831. The predicted molar refractivity (Wildman–Crippen MR) is 184 cm³/mol. The highest BCUT2D eigenvalue weighted by molar-refractivity contribution is 8.07. The van der Waals surface area contributed by atoms with E-state index in [9.17, 15) is 49.5 Å². The molecule has 1 fully saturated rings. The first-order chi connectivity index (χ1) is 26.4. The summed E-state index contributed by atoms with van der Waals surface area (Å²) in [4.78, 5) is 78.2. The number of nitro groups is 2. The smallest absolute Gasteiger partial charge is 0.529 e. The summed E-state index contributed by atoms with van der Waals surface area (Å²) in [5, 5.41) is 19.4. The average molecular weight is 779 g/mol. The molecule has 0 aromatic heterocycles. The molecule has 55 heavy (non-hydrogen) atoms. The molecule has 2 heterocycles. The maximum absolute atomic E-state index is 13.8. The summed E-state index contributed by atoms with van der Waals surface area (Å²) in [6, 6.07) is 21.9. The molecule has 0 bridgehead atoms. The molecule has 5 rings (SSSR count). The number of nitro benzene ring substituents is 1. The van der Waals surface area contributed by atoms with Gasteiger partial charge >= 0.3 is 23.3 Å². The number of nitrogens with zero attached hydrogens (tertiary/aromatic N) is 6. The van der Waals surface area contributed by atoms with Crippen molar-refractivity contribution in [2.45, 2.75) is 38.2 Å². The van der Waals surface area contributed by atoms with Crippen LogP contribution in [-0.2, 0) is 64.3 Å². The van der Waals surface area contributed by atoms with Gasteiger partial charge in [-0.25, -0.2) is 24.5 Å². The molecule has 0 aliphatic carbocycles. The van der Waals surface area contributed by atoms with E-state index >= 15 is 0 Å². The lowest BCUT2D eigenvalue weighted by atomic mass is 9.91. The number of non-ortho nitro benzene ring substituents is 1. The van der Waals surface area contributed by atoms with Gasteiger partial charge < -0.3 is 33.8 Å². The number of carbonyl (C=O) groups excluding carboxylic acids is 4. The number of hydrogen-bond donors (Lipinski definition) is 0. The molecule has 2 amide bonds. The van der Waals surface area contributed by atoms with Crippen LogP contribution in [0.1, 0.15) is 23.6 Å². The number of β-lactam (4-membered cyclic amide) rings is 1. The third-order valence-corrected chi connectivity index (χ3v) is 9.69. The second-order valence-corrected chi connectivity index (χ2v) is 13.1. The number of ether oxygens (including phenoxy) is 5. The standard InChI is InChI=1S/C34H30N6O14S/c1-21(54-34(44)53-20-24-12-14-25(15-13-24)39(45)46)26-30(41)38-27(32(42)51-18-22-8-4-2-5-9-22)28(29(36-35)55(49)31(26)38)50-17-16-37(40(47)48)33(43)52-19-23-10-6-3-7-11-23/h2-15,21,26,31H,16-20H2,1H3/t21?,26-,31-,55-/m0/s1. The van der Waals surface area contributed by atoms with Crippen molar-refractivity contribution in [1.82, 2.24) is 9.91 Å². The van der Waals surface area contributed by atoms with Gasteiger partial charge in [0.1, 0.15) is 56.2 Å². The topological polar surface area (TPSA) is 267 Å². The summed E-state index contributed by atoms with van der Waals surface area (Å²) in [6.45, 7) is -1.17. The Morgan fingerprint density at radius 3 is 2.02 bits per heavy atom. The number of rotatable bonds is 15. The Labute approximate surface area is 313 Å². The molecule has 1 unspecified atom stereocenters. The Kier molecular flexibility index (Phi) is 12.7. The van der Waals surface area contributed by atoms with Gasteiger partial charge in [0.05, 0.1) is 4.92 Å².